The number of hydrogen-bond donors (Lipinski definition) is 1. The summed E-state index contributed by atoms with van der Waals surface area (Å²) in [7, 11) is 0. The van der Waals surface area contributed by atoms with Crippen molar-refractivity contribution >= 4 is 17.7 Å². The van der Waals surface area contributed by atoms with Gasteiger partial charge in [-0.3, -0.25) is 4.79 Å². The molecule has 172 valence electrons. The average molecular weight is 461 g/mol. The smallest absolute Gasteiger partial charge is 0.266 e. The molecule has 0 radical (unpaired) electrons. The van der Waals surface area contributed by atoms with Crippen molar-refractivity contribution in [3.63, 3.8) is 0 Å². The third kappa shape index (κ3) is 6.83. The van der Waals surface area contributed by atoms with Crippen LogP contribution in [0, 0.1) is 11.3 Å². The minimum Gasteiger partial charge on any atom is -0.489 e. The Bertz CT molecular complexity index is 1330. The van der Waals surface area contributed by atoms with Crippen LogP contribution in [0.2, 0.25) is 0 Å². The highest BCUT2D eigenvalue weighted by Gasteiger charge is 2.12. The average Bonchev–Trinajstić information content (AvgIpc) is 2.92. The van der Waals surface area contributed by atoms with Crippen molar-refractivity contribution in [2.24, 2.45) is 0 Å². The van der Waals surface area contributed by atoms with Crippen molar-refractivity contribution < 1.29 is 14.3 Å². The van der Waals surface area contributed by atoms with Crippen LogP contribution in [0.1, 0.15) is 16.7 Å². The Morgan fingerprint density at radius 2 is 1.31 bits per heavy atom. The number of carbonyl (C=O) groups is 1. The summed E-state index contributed by atoms with van der Waals surface area (Å²) in [6.07, 6.45) is 1.53. The normalized spacial score (nSPS) is 10.8. The molecular weight excluding hydrogens is 436 g/mol. The van der Waals surface area contributed by atoms with Crippen LogP contribution in [0.4, 0.5) is 5.69 Å². The van der Waals surface area contributed by atoms with Crippen molar-refractivity contribution in [2.75, 3.05) is 5.32 Å². The second-order valence-corrected chi connectivity index (χ2v) is 7.73. The first-order valence-corrected chi connectivity index (χ1v) is 11.2. The lowest BCUT2D eigenvalue weighted by Crippen LogP contribution is -2.13. The van der Waals surface area contributed by atoms with Crippen molar-refractivity contribution in [3.8, 4) is 17.6 Å². The van der Waals surface area contributed by atoms with Crippen LogP contribution in [-0.4, -0.2) is 5.91 Å². The van der Waals surface area contributed by atoms with Gasteiger partial charge in [0.05, 0.1) is 0 Å². The lowest BCUT2D eigenvalue weighted by molar-refractivity contribution is -0.112. The Labute approximate surface area is 204 Å². The highest BCUT2D eigenvalue weighted by molar-refractivity contribution is 6.09. The first-order valence-electron chi connectivity index (χ1n) is 11.2. The number of carbonyl (C=O) groups excluding carboxylic acids is 1. The molecule has 0 saturated carbocycles. The van der Waals surface area contributed by atoms with Gasteiger partial charge in [-0.1, -0.05) is 78.9 Å². The molecule has 0 fully saturated rings. The van der Waals surface area contributed by atoms with E-state index in [4.69, 9.17) is 9.47 Å². The maximum absolute atomic E-state index is 12.8. The van der Waals surface area contributed by atoms with E-state index >= 15 is 0 Å². The fourth-order valence-corrected chi connectivity index (χ4v) is 3.34. The van der Waals surface area contributed by atoms with Crippen LogP contribution in [0.5, 0.6) is 11.5 Å². The zero-order chi connectivity index (χ0) is 24.3. The van der Waals surface area contributed by atoms with Gasteiger partial charge in [0.2, 0.25) is 0 Å². The van der Waals surface area contributed by atoms with Gasteiger partial charge in [0.15, 0.2) is 0 Å². The summed E-state index contributed by atoms with van der Waals surface area (Å²) in [4.78, 5) is 12.8. The second kappa shape index (κ2) is 11.9. The summed E-state index contributed by atoms with van der Waals surface area (Å²) in [5.41, 5.74) is 3.30. The van der Waals surface area contributed by atoms with Gasteiger partial charge >= 0.3 is 0 Å². The monoisotopic (exact) mass is 460 g/mol. The summed E-state index contributed by atoms with van der Waals surface area (Å²) < 4.78 is 11.7. The van der Waals surface area contributed by atoms with E-state index in [0.717, 1.165) is 11.1 Å². The number of nitrogens with one attached hydrogen (secondary N) is 1. The molecule has 0 aliphatic rings. The topological polar surface area (TPSA) is 71.3 Å². The zero-order valence-corrected chi connectivity index (χ0v) is 19.1. The van der Waals surface area contributed by atoms with Gasteiger partial charge < -0.3 is 14.8 Å². The standard InChI is InChI=1S/C30H24N2O3/c31-20-26(19-25-13-7-8-14-29(25)35-22-24-11-5-2-6-12-24)30(33)32-27-15-17-28(18-16-27)34-21-23-9-3-1-4-10-23/h1-19H,21-22H2,(H,32,33)/b26-19+. The van der Waals surface area contributed by atoms with Crippen LogP contribution in [-0.2, 0) is 18.0 Å². The van der Waals surface area contributed by atoms with Crippen LogP contribution in [0.15, 0.2) is 115 Å². The molecule has 4 rings (SSSR count). The summed E-state index contributed by atoms with van der Waals surface area (Å²) >= 11 is 0. The molecule has 0 heterocycles. The first kappa shape index (κ1) is 23.3. The lowest BCUT2D eigenvalue weighted by atomic mass is 10.1. The Morgan fingerprint density at radius 1 is 0.743 bits per heavy atom. The number of hydrogen-bond acceptors (Lipinski definition) is 4. The van der Waals surface area contributed by atoms with Crippen molar-refractivity contribution in [2.45, 2.75) is 13.2 Å². The van der Waals surface area contributed by atoms with E-state index in [-0.39, 0.29) is 5.57 Å². The van der Waals surface area contributed by atoms with Gasteiger partial charge in [0.1, 0.15) is 36.4 Å². The molecule has 0 unspecified atom stereocenters. The third-order valence-corrected chi connectivity index (χ3v) is 5.18. The fourth-order valence-electron chi connectivity index (χ4n) is 3.34. The molecule has 0 aliphatic heterocycles. The number of nitrogens with zero attached hydrogens (tertiary/aromatic N) is 1. The van der Waals surface area contributed by atoms with Crippen molar-refractivity contribution in [1.82, 2.24) is 0 Å². The van der Waals surface area contributed by atoms with E-state index in [2.05, 4.69) is 5.32 Å². The Morgan fingerprint density at radius 3 is 1.94 bits per heavy atom. The molecule has 5 heteroatoms. The summed E-state index contributed by atoms with van der Waals surface area (Å²) in [5, 5.41) is 12.4. The third-order valence-electron chi connectivity index (χ3n) is 5.18. The van der Waals surface area contributed by atoms with Crippen molar-refractivity contribution in [3.05, 3.63) is 131 Å². The second-order valence-electron chi connectivity index (χ2n) is 7.73. The van der Waals surface area contributed by atoms with Crippen LogP contribution < -0.4 is 14.8 Å². The zero-order valence-electron chi connectivity index (χ0n) is 19.1. The van der Waals surface area contributed by atoms with Crippen LogP contribution in [0.3, 0.4) is 0 Å². The minimum atomic E-state index is -0.497. The molecular formula is C30H24N2O3. The van der Waals surface area contributed by atoms with Gasteiger partial charge in [0.25, 0.3) is 5.91 Å². The maximum Gasteiger partial charge on any atom is 0.266 e. The van der Waals surface area contributed by atoms with Gasteiger partial charge in [-0.05, 0) is 47.5 Å². The van der Waals surface area contributed by atoms with E-state index < -0.39 is 5.91 Å². The molecule has 0 bridgehead atoms. The summed E-state index contributed by atoms with van der Waals surface area (Å²) in [6, 6.07) is 36.0. The molecule has 1 amide bonds. The maximum atomic E-state index is 12.8. The van der Waals surface area contributed by atoms with Gasteiger partial charge in [0, 0.05) is 11.3 Å². The van der Waals surface area contributed by atoms with E-state index in [1.807, 2.05) is 91.0 Å². The molecule has 0 aromatic heterocycles. The van der Waals surface area contributed by atoms with E-state index in [1.54, 1.807) is 24.3 Å². The molecule has 4 aromatic rings. The Balaban J connectivity index is 1.40. The molecule has 35 heavy (non-hydrogen) atoms. The highest BCUT2D eigenvalue weighted by atomic mass is 16.5. The Kier molecular flexibility index (Phi) is 7.92. The number of anilines is 1. The summed E-state index contributed by atoms with van der Waals surface area (Å²) in [6.45, 7) is 0.845. The molecule has 1 N–H and O–H groups in total. The SMILES string of the molecule is N#C/C(=C\c1ccccc1OCc1ccccc1)C(=O)Nc1ccc(OCc2ccccc2)cc1. The number of ether oxygens (including phenoxy) is 2. The van der Waals surface area contributed by atoms with E-state index in [9.17, 15) is 10.1 Å². The number of benzene rings is 4. The molecule has 0 atom stereocenters. The molecule has 0 aliphatic carbocycles. The van der Waals surface area contributed by atoms with E-state index in [0.29, 0.717) is 36.0 Å². The number of para-hydroxylation sites is 1. The van der Waals surface area contributed by atoms with Crippen LogP contribution >= 0.6 is 0 Å². The largest absolute Gasteiger partial charge is 0.489 e. The van der Waals surface area contributed by atoms with Crippen LogP contribution in [0.25, 0.3) is 6.08 Å². The quantitative estimate of drug-likeness (QED) is 0.232. The summed E-state index contributed by atoms with van der Waals surface area (Å²) in [5.74, 6) is 0.785. The predicted octanol–water partition coefficient (Wildman–Crippen LogP) is 6.39. The molecule has 0 spiro atoms. The molecule has 0 saturated heterocycles. The predicted molar refractivity (Wildman–Crippen MR) is 137 cm³/mol. The van der Waals surface area contributed by atoms with Crippen molar-refractivity contribution in [1.29, 1.82) is 5.26 Å². The number of amides is 1. The minimum absolute atomic E-state index is 0.0230. The molecule has 5 nitrogen and oxygen atoms in total. The fraction of sp³-hybridized carbons (Fsp3) is 0.0667. The molecule has 4 aromatic carbocycles. The lowest BCUT2D eigenvalue weighted by Gasteiger charge is -2.10. The first-order chi connectivity index (χ1) is 17.2. The number of rotatable bonds is 9. The van der Waals surface area contributed by atoms with Gasteiger partial charge in [-0.2, -0.15) is 5.26 Å². The van der Waals surface area contributed by atoms with Gasteiger partial charge in [-0.15, -0.1) is 0 Å². The van der Waals surface area contributed by atoms with E-state index in [1.165, 1.54) is 6.08 Å². The highest BCUT2D eigenvalue weighted by Crippen LogP contribution is 2.23. The number of nitriles is 1. The van der Waals surface area contributed by atoms with Gasteiger partial charge in [-0.25, -0.2) is 0 Å². The Hall–Kier alpha value is -4.82.